The van der Waals surface area contributed by atoms with Crippen molar-refractivity contribution in [3.05, 3.63) is 112 Å². The maximum absolute atomic E-state index is 13.0. The van der Waals surface area contributed by atoms with Gasteiger partial charge in [0.1, 0.15) is 11.2 Å². The summed E-state index contributed by atoms with van der Waals surface area (Å²) in [6.45, 7) is 18.3. The number of carbonyl (C=O) groups excluding carboxylic acids is 9. The summed E-state index contributed by atoms with van der Waals surface area (Å²) in [6.07, 6.45) is -9.22. The Morgan fingerprint density at radius 3 is 1.57 bits per heavy atom. The fourth-order valence-corrected chi connectivity index (χ4v) is 13.6. The largest absolute Gasteiger partial charge is 1.00 e. The Balaban J connectivity index is -0.00000138. The average Bonchev–Trinajstić information content (AvgIpc) is 1.64. The van der Waals surface area contributed by atoms with Crippen LogP contribution >= 0.6 is 105 Å². The fraction of sp³-hybridized carbons (Fsp3) is 0.460. The number of nitrogen functional groups attached to an aromatic ring is 1. The number of hydrogen-bond donors (Lipinski definition) is 5. The van der Waals surface area contributed by atoms with E-state index in [-0.39, 0.29) is 221 Å². The molecule has 7 rings (SSSR count). The summed E-state index contributed by atoms with van der Waals surface area (Å²) in [7, 11) is -4.28. The summed E-state index contributed by atoms with van der Waals surface area (Å²) in [5, 5.41) is 30.0. The summed E-state index contributed by atoms with van der Waals surface area (Å²) in [6, 6.07) is 7.28. The number of benzene rings is 2. The van der Waals surface area contributed by atoms with Crippen LogP contribution < -0.4 is 170 Å². The fourth-order valence-electron chi connectivity index (χ4n) is 7.93. The first kappa shape index (κ1) is 110. The first-order chi connectivity index (χ1) is 50.5. The topological polar surface area (TPSA) is 433 Å². The van der Waals surface area contributed by atoms with E-state index in [9.17, 15) is 77.9 Å². The van der Waals surface area contributed by atoms with E-state index in [2.05, 4.69) is 105 Å². The molecule has 0 unspecified atom stereocenters. The zero-order chi connectivity index (χ0) is 83.4. The van der Waals surface area contributed by atoms with E-state index in [1.807, 2.05) is 5.38 Å². The van der Waals surface area contributed by atoms with Crippen molar-refractivity contribution in [2.45, 2.75) is 157 Å². The van der Waals surface area contributed by atoms with Gasteiger partial charge in [-0.05, 0) is 122 Å². The Morgan fingerprint density at radius 2 is 1.14 bits per heavy atom. The van der Waals surface area contributed by atoms with E-state index in [0.717, 1.165) is 39.4 Å². The molecule has 2 aromatic carbocycles. The smallest absolute Gasteiger partial charge is 1.00 e. The van der Waals surface area contributed by atoms with Gasteiger partial charge in [0.25, 0.3) is 6.47 Å². The second kappa shape index (κ2) is 54.5. The van der Waals surface area contributed by atoms with Crippen LogP contribution in [0.15, 0.2) is 66.9 Å². The van der Waals surface area contributed by atoms with Gasteiger partial charge in [0.15, 0.2) is 20.5 Å². The third-order valence-electron chi connectivity index (χ3n) is 12.1. The van der Waals surface area contributed by atoms with E-state index in [0.29, 0.717) is 77.0 Å². The number of amides is 5. The summed E-state index contributed by atoms with van der Waals surface area (Å²) >= 11 is 17.4. The maximum atomic E-state index is 13.0. The number of thiazole rings is 4. The van der Waals surface area contributed by atoms with Gasteiger partial charge in [0, 0.05) is 106 Å². The van der Waals surface area contributed by atoms with E-state index in [1.165, 1.54) is 116 Å². The zero-order valence-corrected chi connectivity index (χ0v) is 85.0. The predicted octanol–water partition coefficient (Wildman–Crippen LogP) is 6.42. The van der Waals surface area contributed by atoms with Crippen LogP contribution in [-0.2, 0) is 132 Å². The molecule has 48 heteroatoms. The molecule has 0 radical (unpaired) electrons. The number of rotatable bonds is 22. The van der Waals surface area contributed by atoms with E-state index < -0.39 is 81.2 Å². The molecule has 1 aliphatic heterocycles. The number of esters is 3. The van der Waals surface area contributed by atoms with Gasteiger partial charge in [0.2, 0.25) is 17.7 Å². The van der Waals surface area contributed by atoms with Crippen molar-refractivity contribution < 1.29 is 265 Å². The molecule has 0 spiro atoms. The SMILES string of the molecule is BrBr.CC(=O)Nc1nc(CCOC(C)=O)c(Br)s1.CC(=O)Nc1nc(CCOC(C)=O)cs1.CC(=O)OCCc1nc(N(C[C@H](Cc2ccc(C(F)(F)F)cc2)NC(=O)OC(C)(C)C)C(C)=O)sc1Br.CC(C)(C)OC(=O)N1[C@@H](Cc2ccc(C(F)(F)F)cc2)COS1(=O)=O.Nc1nc(CC(=O)O)cs1.O=CO[O-].[Cs+].[Cs+].[H-]. The van der Waals surface area contributed by atoms with Crippen molar-refractivity contribution in [3.63, 3.8) is 0 Å². The average molecular weight is 2170 g/mol. The van der Waals surface area contributed by atoms with Crippen molar-refractivity contribution >= 4 is 197 Å². The monoisotopic (exact) mass is 2170 g/mol. The molecule has 1 fully saturated rings. The molecule has 2 atom stereocenters. The number of carbonyl (C=O) groups is 10. The number of aromatic nitrogens is 4. The maximum Gasteiger partial charge on any atom is 1.00 e. The molecule has 0 bridgehead atoms. The minimum absolute atomic E-state index is 0. The zero-order valence-electron chi connectivity index (χ0n) is 63.0. The minimum Gasteiger partial charge on any atom is -1.00 e. The third kappa shape index (κ3) is 48.1. The van der Waals surface area contributed by atoms with Crippen LogP contribution in [-0.4, -0.2) is 154 Å². The molecule has 5 heterocycles. The van der Waals surface area contributed by atoms with Gasteiger partial charge < -0.3 is 62.0 Å². The number of hydrogen-bond acceptors (Lipinski definition) is 29. The van der Waals surface area contributed by atoms with Crippen LogP contribution in [0.3, 0.4) is 0 Å². The van der Waals surface area contributed by atoms with Gasteiger partial charge >= 0.3 is 197 Å². The first-order valence-corrected chi connectivity index (χ1v) is 41.1. The Morgan fingerprint density at radius 1 is 0.694 bits per heavy atom. The summed E-state index contributed by atoms with van der Waals surface area (Å²) in [5.41, 5.74) is 5.65. The third-order valence-corrected chi connectivity index (χ3v) is 18.6. The van der Waals surface area contributed by atoms with Gasteiger partial charge in [-0.1, -0.05) is 46.9 Å². The van der Waals surface area contributed by atoms with E-state index in [1.54, 1.807) is 46.9 Å². The first-order valence-electron chi connectivity index (χ1n) is 31.0. The molecule has 608 valence electrons. The van der Waals surface area contributed by atoms with Crippen LogP contribution in [0.2, 0.25) is 0 Å². The van der Waals surface area contributed by atoms with Crippen molar-refractivity contribution in [2.75, 3.05) is 54.2 Å². The number of nitrogens with zero attached hydrogens (tertiary/aromatic N) is 6. The van der Waals surface area contributed by atoms with Crippen LogP contribution in [0.1, 0.15) is 130 Å². The van der Waals surface area contributed by atoms with Crippen molar-refractivity contribution in [1.82, 2.24) is 29.6 Å². The van der Waals surface area contributed by atoms with Crippen LogP contribution in [0, 0.1) is 0 Å². The van der Waals surface area contributed by atoms with Crippen molar-refractivity contribution in [3.8, 4) is 0 Å². The molecule has 0 saturated carbocycles. The second-order valence-electron chi connectivity index (χ2n) is 23.6. The molecule has 111 heavy (non-hydrogen) atoms. The quantitative estimate of drug-likeness (QED) is 0.0122. The Kier molecular flexibility index (Phi) is 53.8. The van der Waals surface area contributed by atoms with Crippen LogP contribution in [0.4, 0.5) is 56.5 Å². The number of ether oxygens (including phenoxy) is 5. The number of alkyl halides is 6. The standard InChI is InChI=1S/C24H29BrF3N3O5S.C15H18F3NO5S.C9H11BrN2O3S.C9H12N2O3S.C5H6N2O2S.CH2O3.Br2.2Cs.H/c1-14(32)31(21-30-19(20(25)37-21)10-11-35-15(2)33)13-18(29-22(34)36-23(3,4)5)12-16-6-8-17(9-7-16)24(26,27)28;1-14(2,3)24-13(20)19-12(9-23-25(19,21)22)8-10-4-6-11(7-5-10)15(16,17)18;1-5(13)11-9-12-7(8(10)16-9)3-4-15-6(2)14;1-6(12)10-9-11-8(5-15-9)3-4-14-7(2)13;6-5-7-3(2-10-5)1-4(8)9;2-1-4-3;1-2;;;/h6-9,18H,10-13H2,1-5H3,(H,29,34);4-7,12H,8-9H2,1-3H3;3-4H2,1-2H3,(H,11,12,13);5H,3-4H2,1-2H3,(H,10,11,12);2H,1H2,(H2,6,7)(H,8,9);1,3H;;;;/q;;;;;;;2*+1;-1/p-1/t18-;12-;;;;;;;;/m00......../s1. The van der Waals surface area contributed by atoms with Crippen LogP contribution in [0.25, 0.3) is 0 Å². The summed E-state index contributed by atoms with van der Waals surface area (Å²) in [4.78, 5) is 130. The molecular weight excluding hydrogens is 2090 g/mol. The van der Waals surface area contributed by atoms with Gasteiger partial charge in [-0.15, -0.1) is 22.7 Å². The van der Waals surface area contributed by atoms with E-state index >= 15 is 0 Å². The summed E-state index contributed by atoms with van der Waals surface area (Å²) in [5.74, 6) is -2.57. The second-order valence-corrected chi connectivity index (χ2v) is 31.5. The molecule has 31 nitrogen and oxygen atoms in total. The molecular formula is C63H78Br4Cs2F6N10O21S5. The van der Waals surface area contributed by atoms with Crippen LogP contribution in [0.5, 0.6) is 0 Å². The Bertz CT molecular complexity index is 4070. The molecule has 4 aromatic heterocycles. The van der Waals surface area contributed by atoms with Gasteiger partial charge in [0.05, 0.1) is 86.4 Å². The molecule has 0 aliphatic carbocycles. The molecule has 1 saturated heterocycles. The molecule has 1 aliphatic rings. The Labute approximate surface area is 802 Å². The normalized spacial score (nSPS) is 12.7. The number of aliphatic carboxylic acids is 1. The van der Waals surface area contributed by atoms with Crippen molar-refractivity contribution in [1.29, 1.82) is 0 Å². The summed E-state index contributed by atoms with van der Waals surface area (Å²) < 4.78 is 132. The molecule has 6 aromatic rings. The minimum atomic E-state index is -4.47. The number of carboxylic acids is 1. The predicted molar refractivity (Wildman–Crippen MR) is 404 cm³/mol. The number of halogens is 10. The Hall–Kier alpha value is -3.47. The van der Waals surface area contributed by atoms with E-state index in [4.69, 9.17) is 44.6 Å². The number of alkyl carbamates (subject to hydrolysis) is 1. The number of nitrogens with one attached hydrogen (secondary N) is 3. The van der Waals surface area contributed by atoms with Gasteiger partial charge in [-0.2, -0.15) is 39.1 Å². The van der Waals surface area contributed by atoms with Gasteiger partial charge in [-0.3, -0.25) is 47.4 Å². The number of anilines is 4. The van der Waals surface area contributed by atoms with Gasteiger partial charge in [-0.25, -0.2) is 29.5 Å². The molecule has 5 amide bonds. The number of nitrogens with two attached hydrogens (primary N) is 1. The number of carboxylic acid groups (broad SMARTS) is 1. The van der Waals surface area contributed by atoms with Crippen molar-refractivity contribution in [2.24, 2.45) is 0 Å². The molecule has 6 N–H and O–H groups in total.